The van der Waals surface area contributed by atoms with E-state index in [1.807, 2.05) is 72.2 Å². The van der Waals surface area contributed by atoms with Crippen molar-refractivity contribution in [2.75, 3.05) is 4.72 Å². The second-order valence-corrected chi connectivity index (χ2v) is 11.1. The van der Waals surface area contributed by atoms with Crippen LogP contribution >= 0.6 is 11.8 Å². The van der Waals surface area contributed by atoms with Crippen molar-refractivity contribution in [3.63, 3.8) is 0 Å². The maximum Gasteiger partial charge on any atom is 0.261 e. The van der Waals surface area contributed by atoms with Gasteiger partial charge in [-0.3, -0.25) is 14.1 Å². The molecule has 0 fully saturated rings. The number of para-hydroxylation sites is 2. The maximum absolute atomic E-state index is 13.7. The molecule has 5 rings (SSSR count). The molecule has 1 atom stereocenters. The quantitative estimate of drug-likeness (QED) is 0.249. The summed E-state index contributed by atoms with van der Waals surface area (Å²) in [5, 5.41) is 1.83. The molecule has 7 heteroatoms. The Balaban J connectivity index is 1.39. The van der Waals surface area contributed by atoms with E-state index in [4.69, 9.17) is 0 Å². The molecule has 1 heterocycles. The molecule has 5 aromatic rings. The highest BCUT2D eigenvalue weighted by molar-refractivity contribution is 8.00. The number of carbonyl (C=O) groups is 1. The molecule has 0 spiro atoms. The third-order valence-corrected chi connectivity index (χ3v) is 8.65. The molecule has 0 aliphatic carbocycles. The first-order valence-electron chi connectivity index (χ1n) is 11.3. The maximum atomic E-state index is 13.7. The van der Waals surface area contributed by atoms with E-state index in [1.165, 1.54) is 11.8 Å². The topological polar surface area (TPSA) is 68.2 Å². The summed E-state index contributed by atoms with van der Waals surface area (Å²) in [6.45, 7) is 2.01. The number of aromatic nitrogens is 1. The fourth-order valence-corrected chi connectivity index (χ4v) is 6.27. The number of anilines is 1. The van der Waals surface area contributed by atoms with E-state index in [-0.39, 0.29) is 16.1 Å². The van der Waals surface area contributed by atoms with Crippen molar-refractivity contribution in [3.8, 4) is 0 Å². The van der Waals surface area contributed by atoms with Crippen LogP contribution in [0.4, 0.5) is 5.69 Å². The third-order valence-electron chi connectivity index (χ3n) is 5.89. The Morgan fingerprint density at radius 1 is 0.800 bits per heavy atom. The standard InChI is InChI=1S/C28H24N2O3S2/c1-2-27(28(31)30-25-14-8-6-12-23(25)24-13-7-9-15-26(24)30)34-21-18-16-20(17-19-21)29-35(32,33)22-10-4-3-5-11-22/h3-19,27,29H,2H2,1H3. The molecule has 0 amide bonds. The van der Waals surface area contributed by atoms with Crippen LogP contribution in [0.2, 0.25) is 0 Å². The van der Waals surface area contributed by atoms with Crippen molar-refractivity contribution in [2.24, 2.45) is 0 Å². The highest BCUT2D eigenvalue weighted by atomic mass is 32.2. The van der Waals surface area contributed by atoms with Gasteiger partial charge in [0.15, 0.2) is 0 Å². The van der Waals surface area contributed by atoms with Gasteiger partial charge in [0.05, 0.1) is 21.2 Å². The second-order valence-electron chi connectivity index (χ2n) is 8.17. The molecule has 176 valence electrons. The van der Waals surface area contributed by atoms with E-state index in [0.717, 1.165) is 26.7 Å². The minimum absolute atomic E-state index is 0.0313. The summed E-state index contributed by atoms with van der Waals surface area (Å²) in [6.07, 6.45) is 0.659. The van der Waals surface area contributed by atoms with Crippen LogP contribution in [0.25, 0.3) is 21.8 Å². The van der Waals surface area contributed by atoms with Crippen molar-refractivity contribution in [2.45, 2.75) is 28.4 Å². The molecule has 1 unspecified atom stereocenters. The van der Waals surface area contributed by atoms with Crippen LogP contribution in [0.15, 0.2) is 113 Å². The first-order valence-corrected chi connectivity index (χ1v) is 13.7. The summed E-state index contributed by atoms with van der Waals surface area (Å²) in [5.41, 5.74) is 2.28. The van der Waals surface area contributed by atoms with E-state index in [0.29, 0.717) is 12.1 Å². The lowest BCUT2D eigenvalue weighted by atomic mass is 10.2. The predicted molar refractivity (Wildman–Crippen MR) is 144 cm³/mol. The number of sulfonamides is 1. The van der Waals surface area contributed by atoms with Gasteiger partial charge in [-0.15, -0.1) is 11.8 Å². The van der Waals surface area contributed by atoms with Crippen LogP contribution in [0.3, 0.4) is 0 Å². The van der Waals surface area contributed by atoms with E-state index < -0.39 is 10.0 Å². The van der Waals surface area contributed by atoms with Crippen molar-refractivity contribution in [3.05, 3.63) is 103 Å². The molecule has 0 radical (unpaired) electrons. The Morgan fingerprint density at radius 3 is 1.91 bits per heavy atom. The Bertz CT molecular complexity index is 1560. The van der Waals surface area contributed by atoms with Gasteiger partial charge in [0.1, 0.15) is 0 Å². The molecule has 0 aliphatic rings. The fourth-order valence-electron chi connectivity index (χ4n) is 4.19. The molecule has 0 saturated carbocycles. The van der Waals surface area contributed by atoms with Crippen molar-refractivity contribution >= 4 is 55.2 Å². The number of fused-ring (bicyclic) bond motifs is 3. The Kier molecular flexibility index (Phi) is 6.36. The molecule has 35 heavy (non-hydrogen) atoms. The summed E-state index contributed by atoms with van der Waals surface area (Å²) >= 11 is 1.49. The van der Waals surface area contributed by atoms with Gasteiger partial charge in [0.25, 0.3) is 10.0 Å². The van der Waals surface area contributed by atoms with Gasteiger partial charge in [-0.05, 0) is 55.0 Å². The highest BCUT2D eigenvalue weighted by Gasteiger charge is 2.24. The predicted octanol–water partition coefficient (Wildman–Crippen LogP) is 6.81. The zero-order valence-electron chi connectivity index (χ0n) is 19.1. The Labute approximate surface area is 208 Å². The average molecular weight is 501 g/mol. The number of nitrogens with zero attached hydrogens (tertiary/aromatic N) is 1. The minimum atomic E-state index is -3.65. The van der Waals surface area contributed by atoms with Crippen LogP contribution in [-0.2, 0) is 10.0 Å². The summed E-state index contributed by atoms with van der Waals surface area (Å²) in [4.78, 5) is 14.8. The molecule has 5 nitrogen and oxygen atoms in total. The van der Waals surface area contributed by atoms with Crippen molar-refractivity contribution < 1.29 is 13.2 Å². The number of hydrogen-bond donors (Lipinski definition) is 1. The molecule has 4 aromatic carbocycles. The summed E-state index contributed by atoms with van der Waals surface area (Å²) < 4.78 is 29.6. The normalized spacial score (nSPS) is 12.6. The lowest BCUT2D eigenvalue weighted by Crippen LogP contribution is -2.23. The van der Waals surface area contributed by atoms with Crippen LogP contribution in [-0.4, -0.2) is 24.1 Å². The van der Waals surface area contributed by atoms with E-state index in [1.54, 1.807) is 42.5 Å². The molecule has 0 aliphatic heterocycles. The smallest absolute Gasteiger partial charge is 0.261 e. The van der Waals surface area contributed by atoms with Gasteiger partial charge >= 0.3 is 0 Å². The number of carbonyl (C=O) groups excluding carboxylic acids is 1. The Hall–Kier alpha value is -3.55. The van der Waals surface area contributed by atoms with Gasteiger partial charge in [-0.25, -0.2) is 8.42 Å². The average Bonchev–Trinajstić information content (AvgIpc) is 3.23. The lowest BCUT2D eigenvalue weighted by molar-refractivity contribution is 0.0919. The van der Waals surface area contributed by atoms with Gasteiger partial charge in [0.2, 0.25) is 5.91 Å². The van der Waals surface area contributed by atoms with E-state index >= 15 is 0 Å². The molecule has 1 N–H and O–H groups in total. The third kappa shape index (κ3) is 4.57. The van der Waals surface area contributed by atoms with Crippen molar-refractivity contribution in [1.82, 2.24) is 4.57 Å². The molecule has 0 bridgehead atoms. The van der Waals surface area contributed by atoms with Gasteiger partial charge < -0.3 is 0 Å². The van der Waals surface area contributed by atoms with Crippen LogP contribution < -0.4 is 4.72 Å². The summed E-state index contributed by atoms with van der Waals surface area (Å²) in [7, 11) is -3.65. The van der Waals surface area contributed by atoms with Gasteiger partial charge in [0, 0.05) is 21.4 Å². The lowest BCUT2D eigenvalue weighted by Gasteiger charge is -2.16. The molecule has 0 saturated heterocycles. The first kappa shape index (κ1) is 23.2. The number of nitrogens with one attached hydrogen (secondary N) is 1. The van der Waals surface area contributed by atoms with Crippen LogP contribution in [0.5, 0.6) is 0 Å². The highest BCUT2D eigenvalue weighted by Crippen LogP contribution is 2.33. The van der Waals surface area contributed by atoms with Crippen LogP contribution in [0, 0.1) is 0 Å². The SMILES string of the molecule is CCC(Sc1ccc(NS(=O)(=O)c2ccccc2)cc1)C(=O)n1c2ccccc2c2ccccc21. The number of thioether (sulfide) groups is 1. The summed E-state index contributed by atoms with van der Waals surface area (Å²) in [6, 6.07) is 31.3. The first-order chi connectivity index (χ1) is 17.0. The Morgan fingerprint density at radius 2 is 1.34 bits per heavy atom. The van der Waals surface area contributed by atoms with Gasteiger partial charge in [-0.2, -0.15) is 0 Å². The zero-order valence-corrected chi connectivity index (χ0v) is 20.7. The largest absolute Gasteiger partial charge is 0.280 e. The fraction of sp³-hybridized carbons (Fsp3) is 0.107. The minimum Gasteiger partial charge on any atom is -0.280 e. The molecule has 1 aromatic heterocycles. The van der Waals surface area contributed by atoms with Gasteiger partial charge in [-0.1, -0.05) is 61.5 Å². The summed E-state index contributed by atoms with van der Waals surface area (Å²) in [5.74, 6) is 0.0313. The number of benzene rings is 4. The zero-order chi connectivity index (χ0) is 24.4. The monoisotopic (exact) mass is 500 g/mol. The van der Waals surface area contributed by atoms with Crippen LogP contribution in [0.1, 0.15) is 18.1 Å². The van der Waals surface area contributed by atoms with E-state index in [2.05, 4.69) is 4.72 Å². The number of hydrogen-bond acceptors (Lipinski definition) is 4. The number of rotatable bonds is 7. The van der Waals surface area contributed by atoms with E-state index in [9.17, 15) is 13.2 Å². The molecular formula is C28H24N2O3S2. The molecular weight excluding hydrogens is 476 g/mol. The second kappa shape index (κ2) is 9.60. The van der Waals surface area contributed by atoms with Crippen molar-refractivity contribution in [1.29, 1.82) is 0 Å².